The van der Waals surface area contributed by atoms with Crippen LogP contribution in [0.15, 0.2) is 0 Å². The van der Waals surface area contributed by atoms with Gasteiger partial charge in [-0.05, 0) is 6.42 Å². The molecule has 18 heavy (non-hydrogen) atoms. The first-order valence-corrected chi connectivity index (χ1v) is 7.03. The molecule has 0 atom stereocenters. The molecule has 0 aromatic rings. The molecule has 0 N–H and O–H groups in total. The Labute approximate surface area is 110 Å². The molecule has 0 radical (unpaired) electrons. The number of unbranched alkanes of at least 4 members (excludes halogenated alkanes) is 5. The maximum atomic E-state index is 10.8. The van der Waals surface area contributed by atoms with Crippen molar-refractivity contribution in [1.29, 1.82) is 0 Å². The third-order valence-electron chi connectivity index (χ3n) is 3.17. The summed E-state index contributed by atoms with van der Waals surface area (Å²) in [6.07, 6.45) is 7.04. The van der Waals surface area contributed by atoms with Gasteiger partial charge in [-0.1, -0.05) is 46.0 Å². The summed E-state index contributed by atoms with van der Waals surface area (Å²) < 4.78 is 15.4. The zero-order chi connectivity index (χ0) is 13.3. The maximum absolute atomic E-state index is 10.8. The van der Waals surface area contributed by atoms with Crippen LogP contribution < -0.4 is 0 Å². The molecule has 1 heterocycles. The number of ether oxygens (including phenoxy) is 3. The Bertz CT molecular complexity index is 230. The summed E-state index contributed by atoms with van der Waals surface area (Å²) in [4.78, 5) is 10.8. The first-order valence-electron chi connectivity index (χ1n) is 7.03. The number of cyclic esters (lactones) is 2. The SMILES string of the molecule is CCCCCCCCOCC1(C)COC(=O)OC1. The fourth-order valence-electron chi connectivity index (χ4n) is 1.94. The van der Waals surface area contributed by atoms with Crippen molar-refractivity contribution in [2.45, 2.75) is 52.4 Å². The van der Waals surface area contributed by atoms with E-state index in [9.17, 15) is 4.79 Å². The molecule has 1 aliphatic rings. The lowest BCUT2D eigenvalue weighted by atomic mass is 9.94. The first kappa shape index (κ1) is 15.3. The molecule has 4 heteroatoms. The Kier molecular flexibility index (Phi) is 7.09. The summed E-state index contributed by atoms with van der Waals surface area (Å²) in [6, 6.07) is 0. The van der Waals surface area contributed by atoms with Gasteiger partial charge in [0.15, 0.2) is 0 Å². The average Bonchev–Trinajstić information content (AvgIpc) is 2.37. The highest BCUT2D eigenvalue weighted by molar-refractivity contribution is 5.60. The topological polar surface area (TPSA) is 44.8 Å². The van der Waals surface area contributed by atoms with Crippen molar-refractivity contribution in [2.75, 3.05) is 26.4 Å². The Balaban J connectivity index is 1.95. The molecule has 0 aromatic carbocycles. The van der Waals surface area contributed by atoms with E-state index in [2.05, 4.69) is 6.92 Å². The molecular formula is C14H26O4. The summed E-state index contributed by atoms with van der Waals surface area (Å²) in [5, 5.41) is 0. The van der Waals surface area contributed by atoms with Crippen LogP contribution in [0.1, 0.15) is 52.4 Å². The van der Waals surface area contributed by atoms with Crippen LogP contribution in [0, 0.1) is 5.41 Å². The zero-order valence-electron chi connectivity index (χ0n) is 11.7. The first-order chi connectivity index (χ1) is 8.66. The van der Waals surface area contributed by atoms with Gasteiger partial charge < -0.3 is 14.2 Å². The minimum atomic E-state index is -0.566. The molecule has 1 aliphatic heterocycles. The zero-order valence-corrected chi connectivity index (χ0v) is 11.7. The summed E-state index contributed by atoms with van der Waals surface area (Å²) in [5.41, 5.74) is -0.184. The number of carbonyl (C=O) groups is 1. The van der Waals surface area contributed by atoms with Crippen molar-refractivity contribution in [2.24, 2.45) is 5.41 Å². The molecule has 106 valence electrons. The molecule has 1 rings (SSSR count). The molecule has 1 fully saturated rings. The predicted octanol–water partition coefficient (Wildman–Crippen LogP) is 3.54. The largest absolute Gasteiger partial charge is 0.508 e. The van der Waals surface area contributed by atoms with Crippen molar-refractivity contribution >= 4 is 6.16 Å². The van der Waals surface area contributed by atoms with Gasteiger partial charge in [0.1, 0.15) is 13.2 Å². The Morgan fingerprint density at radius 1 is 1.11 bits per heavy atom. The molecule has 0 aromatic heterocycles. The fourth-order valence-corrected chi connectivity index (χ4v) is 1.94. The van der Waals surface area contributed by atoms with Crippen LogP contribution >= 0.6 is 0 Å². The van der Waals surface area contributed by atoms with Gasteiger partial charge in [0.05, 0.1) is 12.0 Å². The van der Waals surface area contributed by atoms with Gasteiger partial charge in [-0.15, -0.1) is 0 Å². The molecule has 0 aliphatic carbocycles. The van der Waals surface area contributed by atoms with E-state index >= 15 is 0 Å². The lowest BCUT2D eigenvalue weighted by molar-refractivity contribution is -0.0852. The van der Waals surface area contributed by atoms with Crippen LogP contribution in [0.2, 0.25) is 0 Å². The van der Waals surface area contributed by atoms with Gasteiger partial charge in [-0.3, -0.25) is 0 Å². The van der Waals surface area contributed by atoms with Crippen LogP contribution in [-0.4, -0.2) is 32.6 Å². The maximum Gasteiger partial charge on any atom is 0.508 e. The minimum absolute atomic E-state index is 0.184. The lowest BCUT2D eigenvalue weighted by Crippen LogP contribution is -2.40. The van der Waals surface area contributed by atoms with Crippen LogP contribution in [-0.2, 0) is 14.2 Å². The molecule has 0 amide bonds. The van der Waals surface area contributed by atoms with Gasteiger partial charge in [0.25, 0.3) is 0 Å². The average molecular weight is 258 g/mol. The lowest BCUT2D eigenvalue weighted by Gasteiger charge is -2.31. The minimum Gasteiger partial charge on any atom is -0.433 e. The number of hydrogen-bond donors (Lipinski definition) is 0. The highest BCUT2D eigenvalue weighted by atomic mass is 16.7. The molecular weight excluding hydrogens is 232 g/mol. The van der Waals surface area contributed by atoms with E-state index < -0.39 is 6.16 Å². The summed E-state index contributed by atoms with van der Waals surface area (Å²) in [7, 11) is 0. The van der Waals surface area contributed by atoms with Crippen LogP contribution in [0.3, 0.4) is 0 Å². The molecule has 4 nitrogen and oxygen atoms in total. The van der Waals surface area contributed by atoms with E-state index in [0.29, 0.717) is 19.8 Å². The van der Waals surface area contributed by atoms with Crippen molar-refractivity contribution < 1.29 is 19.0 Å². The molecule has 0 unspecified atom stereocenters. The van der Waals surface area contributed by atoms with Gasteiger partial charge in [-0.25, -0.2) is 4.79 Å². The summed E-state index contributed by atoms with van der Waals surface area (Å²) in [5.74, 6) is 0. The van der Waals surface area contributed by atoms with Crippen molar-refractivity contribution in [1.82, 2.24) is 0 Å². The second-order valence-electron chi connectivity index (χ2n) is 5.46. The van der Waals surface area contributed by atoms with Crippen molar-refractivity contribution in [3.8, 4) is 0 Å². The van der Waals surface area contributed by atoms with E-state index in [-0.39, 0.29) is 5.41 Å². The number of carbonyl (C=O) groups excluding carboxylic acids is 1. The smallest absolute Gasteiger partial charge is 0.433 e. The van der Waals surface area contributed by atoms with Crippen molar-refractivity contribution in [3.63, 3.8) is 0 Å². The Hall–Kier alpha value is -0.770. The number of rotatable bonds is 9. The van der Waals surface area contributed by atoms with Gasteiger partial charge in [-0.2, -0.15) is 0 Å². The van der Waals surface area contributed by atoms with Crippen LogP contribution in [0.4, 0.5) is 4.79 Å². The summed E-state index contributed by atoms with van der Waals surface area (Å²) >= 11 is 0. The van der Waals surface area contributed by atoms with E-state index in [1.54, 1.807) is 0 Å². The van der Waals surface area contributed by atoms with Gasteiger partial charge in [0.2, 0.25) is 0 Å². The predicted molar refractivity (Wildman–Crippen MR) is 69.6 cm³/mol. The standard InChI is InChI=1S/C14H26O4/c1-3-4-5-6-7-8-9-16-10-14(2)11-17-13(15)18-12-14/h3-12H2,1-2H3. The molecule has 0 bridgehead atoms. The molecule has 1 saturated heterocycles. The highest BCUT2D eigenvalue weighted by Gasteiger charge is 2.33. The third-order valence-corrected chi connectivity index (χ3v) is 3.17. The Morgan fingerprint density at radius 3 is 2.39 bits per heavy atom. The monoisotopic (exact) mass is 258 g/mol. The van der Waals surface area contributed by atoms with E-state index in [0.717, 1.165) is 13.0 Å². The summed E-state index contributed by atoms with van der Waals surface area (Å²) in [6.45, 7) is 6.40. The van der Waals surface area contributed by atoms with E-state index in [1.807, 2.05) is 6.92 Å². The second kappa shape index (κ2) is 8.35. The second-order valence-corrected chi connectivity index (χ2v) is 5.46. The normalized spacial score (nSPS) is 18.2. The fraction of sp³-hybridized carbons (Fsp3) is 0.929. The highest BCUT2D eigenvalue weighted by Crippen LogP contribution is 2.22. The van der Waals surface area contributed by atoms with Crippen LogP contribution in [0.25, 0.3) is 0 Å². The molecule has 0 spiro atoms. The van der Waals surface area contributed by atoms with E-state index in [1.165, 1.54) is 32.1 Å². The number of hydrogen-bond acceptors (Lipinski definition) is 4. The van der Waals surface area contributed by atoms with Crippen LogP contribution in [0.5, 0.6) is 0 Å². The third kappa shape index (κ3) is 6.24. The van der Waals surface area contributed by atoms with E-state index in [4.69, 9.17) is 14.2 Å². The van der Waals surface area contributed by atoms with Gasteiger partial charge >= 0.3 is 6.16 Å². The van der Waals surface area contributed by atoms with Crippen molar-refractivity contribution in [3.05, 3.63) is 0 Å². The quantitative estimate of drug-likeness (QED) is 0.469. The Morgan fingerprint density at radius 2 is 1.72 bits per heavy atom. The van der Waals surface area contributed by atoms with Gasteiger partial charge in [0, 0.05) is 6.61 Å². The molecule has 0 saturated carbocycles.